The summed E-state index contributed by atoms with van der Waals surface area (Å²) in [7, 11) is 5.05. The molecule has 128 heavy (non-hydrogen) atoms. The second kappa shape index (κ2) is 35.1. The van der Waals surface area contributed by atoms with Crippen LogP contribution in [-0.4, -0.2) is 222 Å². The number of ether oxygens (including phenoxy) is 12. The van der Waals surface area contributed by atoms with E-state index in [4.69, 9.17) is 80.0 Å². The van der Waals surface area contributed by atoms with E-state index in [1.54, 1.807) is 135 Å². The highest BCUT2D eigenvalue weighted by Crippen LogP contribution is 2.56. The second-order valence-electron chi connectivity index (χ2n) is 37.7. The molecule has 30 nitrogen and oxygen atoms in total. The first-order valence-corrected chi connectivity index (χ1v) is 42.7. The van der Waals surface area contributed by atoms with E-state index in [9.17, 15) is 66.1 Å². The molecule has 8 aliphatic rings. The number of hydrogen-bond acceptors (Lipinski definition) is 26. The third kappa shape index (κ3) is 19.4. The number of pyridine rings is 4. The van der Waals surface area contributed by atoms with Gasteiger partial charge in [0.1, 0.15) is 115 Å². The standard InChI is InChI=1S/2C23H26ClFN2O5.2C23H27FN2O6/c2*1-12-19-18(14-8-13(25)6-7-16(14)26-12)15(24)9-23(31-19)10-17(20(28)30-5)27(11-23)21(29)32-22(2,3)4;2*1-12-19-18(14-8-13(24)6-7-15(14)25-12)17(27)10-23(31-19)9-16(20(28)30-5)26(11-23)21(29)32-22(2,3)4/h2*6-8,15,17H,9-11H2,1-5H3;2*6-8,16-17,27H,9-11H2,1-5H3/t15?,17-,23+;15?,17-,23-;16-,17?,23+;16-,17?,23-/m0000/s1. The van der Waals surface area contributed by atoms with Crippen molar-refractivity contribution < 1.29 is 123 Å². The quantitative estimate of drug-likeness (QED) is 0.0715. The van der Waals surface area contributed by atoms with E-state index in [0.29, 0.717) is 124 Å². The van der Waals surface area contributed by atoms with Gasteiger partial charge in [-0.25, -0.2) is 75.9 Å². The number of amides is 4. The molecule has 4 amide bonds. The van der Waals surface area contributed by atoms with Gasteiger partial charge in [0.25, 0.3) is 0 Å². The van der Waals surface area contributed by atoms with E-state index in [1.165, 1.54) is 96.6 Å². The van der Waals surface area contributed by atoms with Crippen molar-refractivity contribution >= 4 is 115 Å². The van der Waals surface area contributed by atoms with Crippen LogP contribution >= 0.6 is 23.2 Å². The van der Waals surface area contributed by atoms with Crippen molar-refractivity contribution in [2.24, 2.45) is 0 Å². The highest BCUT2D eigenvalue weighted by molar-refractivity contribution is 6.23. The fourth-order valence-electron chi connectivity index (χ4n) is 18.2. The number of alkyl halides is 2. The van der Waals surface area contributed by atoms with Crippen LogP contribution in [0.5, 0.6) is 23.0 Å². The molecule has 4 fully saturated rings. The summed E-state index contributed by atoms with van der Waals surface area (Å²) in [5.41, 5.74) is -0.0226. The van der Waals surface area contributed by atoms with Gasteiger partial charge in [0.15, 0.2) is 0 Å². The molecule has 16 rings (SSSR count). The van der Waals surface area contributed by atoms with Gasteiger partial charge in [0.05, 0.1) is 122 Å². The van der Waals surface area contributed by atoms with E-state index in [0.717, 1.165) is 0 Å². The molecule has 0 aliphatic carbocycles. The number of halogens is 6. The van der Waals surface area contributed by atoms with E-state index in [2.05, 4.69) is 19.9 Å². The van der Waals surface area contributed by atoms with Crippen molar-refractivity contribution in [3.63, 3.8) is 0 Å². The summed E-state index contributed by atoms with van der Waals surface area (Å²) in [4.78, 5) is 125. The molecule has 2 N–H and O–H groups in total. The molecule has 12 atom stereocenters. The number of methoxy groups -OCH3 is 4. The lowest BCUT2D eigenvalue weighted by Gasteiger charge is -2.39. The molecule has 688 valence electrons. The number of likely N-dealkylation sites (tertiary alicyclic amines) is 4. The Morgan fingerprint density at radius 3 is 0.766 bits per heavy atom. The summed E-state index contributed by atoms with van der Waals surface area (Å²) in [6.45, 7) is 28.3. The van der Waals surface area contributed by atoms with Crippen molar-refractivity contribution in [1.29, 1.82) is 0 Å². The summed E-state index contributed by atoms with van der Waals surface area (Å²) in [5.74, 6) is -2.34. The third-order valence-electron chi connectivity index (χ3n) is 23.2. The van der Waals surface area contributed by atoms with E-state index < -0.39 is 163 Å². The molecule has 4 spiro atoms. The lowest BCUT2D eigenvalue weighted by Crippen LogP contribution is -2.46. The molecule has 8 aliphatic heterocycles. The Kier molecular flexibility index (Phi) is 25.9. The molecule has 12 heterocycles. The minimum Gasteiger partial charge on any atom is -0.483 e. The second-order valence-corrected chi connectivity index (χ2v) is 38.8. The Balaban J connectivity index is 0.000000146. The number of aliphatic hydroxyl groups is 2. The fourth-order valence-corrected chi connectivity index (χ4v) is 19.2. The molecule has 8 aromatic rings. The van der Waals surface area contributed by atoms with Crippen molar-refractivity contribution in [2.45, 2.75) is 254 Å². The van der Waals surface area contributed by atoms with Gasteiger partial charge in [0.2, 0.25) is 0 Å². The van der Waals surface area contributed by atoms with Crippen molar-refractivity contribution in [3.8, 4) is 23.0 Å². The number of carbonyl (C=O) groups is 8. The monoisotopic (exact) mass is 1820 g/mol. The van der Waals surface area contributed by atoms with Gasteiger partial charge in [-0.05, 0) is 184 Å². The summed E-state index contributed by atoms with van der Waals surface area (Å²) in [5, 5.41) is 23.3. The Labute approximate surface area is 746 Å². The number of esters is 4. The zero-order chi connectivity index (χ0) is 93.7. The predicted molar refractivity (Wildman–Crippen MR) is 458 cm³/mol. The molecule has 36 heteroatoms. The summed E-state index contributed by atoms with van der Waals surface area (Å²) >= 11 is 13.7. The number of aromatic nitrogens is 4. The Bertz CT molecular complexity index is 5100. The number of benzene rings is 4. The summed E-state index contributed by atoms with van der Waals surface area (Å²) in [6.07, 6.45) is -3.06. The SMILES string of the molecule is COC(=O)[C@@H]1C[C@@]2(CC(Cl)c3c(c(C)nc4ccc(F)cc34)O2)CN1C(=O)OC(C)(C)C.COC(=O)[C@@H]1C[C@@]2(CC(O)c3c(c(C)nc4ccc(F)cc34)O2)CN1C(=O)OC(C)(C)C.COC(=O)[C@@H]1C[C@]2(CC(Cl)c3c(c(C)nc4ccc(F)cc34)O2)CN1C(=O)OC(C)(C)C.COC(=O)[C@@H]1C[C@]2(CC(O)c3c(c(C)nc4ccc(F)cc34)O2)CN1C(=O)OC(C)(C)C. The van der Waals surface area contributed by atoms with Gasteiger partial charge < -0.3 is 67.1 Å². The number of nitrogens with zero attached hydrogens (tertiary/aromatic N) is 8. The average molecular weight is 1820 g/mol. The first-order chi connectivity index (χ1) is 59.7. The lowest BCUT2D eigenvalue weighted by atomic mass is 9.85. The summed E-state index contributed by atoms with van der Waals surface area (Å²) < 4.78 is 123. The molecular weight excluding hydrogens is 1720 g/mol. The average Bonchev–Trinajstić information content (AvgIpc) is 1.45. The highest BCUT2D eigenvalue weighted by Gasteiger charge is 2.61. The van der Waals surface area contributed by atoms with E-state index in [1.807, 2.05) is 0 Å². The smallest absolute Gasteiger partial charge is 0.411 e. The zero-order valence-corrected chi connectivity index (χ0v) is 76.4. The molecule has 0 radical (unpaired) electrons. The van der Waals surface area contributed by atoms with Crippen LogP contribution in [0, 0.1) is 51.0 Å². The number of aliphatic hydroxyl groups excluding tert-OH is 2. The number of aryl methyl sites for hydroxylation is 4. The minimum absolute atomic E-state index is 0.0266. The highest BCUT2D eigenvalue weighted by atomic mass is 35.5. The maximum absolute atomic E-state index is 14.0. The van der Waals surface area contributed by atoms with Crippen molar-refractivity contribution in [3.05, 3.63) is 141 Å². The Hall–Kier alpha value is -11.1. The molecule has 4 saturated heterocycles. The normalized spacial score (nSPS) is 24.9. The third-order valence-corrected chi connectivity index (χ3v) is 24.0. The Morgan fingerprint density at radius 1 is 0.352 bits per heavy atom. The molecular formula is C92H106Cl2F4N8O22. The predicted octanol–water partition coefficient (Wildman–Crippen LogP) is 16.2. The van der Waals surface area contributed by atoms with Crippen molar-refractivity contribution in [1.82, 2.24) is 39.5 Å². The largest absolute Gasteiger partial charge is 0.483 e. The van der Waals surface area contributed by atoms with Crippen LogP contribution < -0.4 is 18.9 Å². The number of rotatable bonds is 4. The lowest BCUT2D eigenvalue weighted by molar-refractivity contribution is -0.146. The molecule has 4 aromatic heterocycles. The van der Waals surface area contributed by atoms with Crippen LogP contribution in [0.4, 0.5) is 36.7 Å². The topological polar surface area (TPSA) is 352 Å². The van der Waals surface area contributed by atoms with Crippen LogP contribution in [-0.2, 0) is 57.1 Å². The molecule has 4 unspecified atom stereocenters. The van der Waals surface area contributed by atoms with Gasteiger partial charge >= 0.3 is 48.3 Å². The minimum atomic E-state index is -1.05. The van der Waals surface area contributed by atoms with Crippen LogP contribution in [0.3, 0.4) is 0 Å². The first-order valence-electron chi connectivity index (χ1n) is 41.8. The summed E-state index contributed by atoms with van der Waals surface area (Å²) in [6, 6.07) is 13.5. The van der Waals surface area contributed by atoms with Gasteiger partial charge in [-0.1, -0.05) is 0 Å². The van der Waals surface area contributed by atoms with E-state index >= 15 is 0 Å². The van der Waals surface area contributed by atoms with E-state index in [-0.39, 0.29) is 64.7 Å². The number of fused-ring (bicyclic) bond motifs is 12. The molecule has 4 aromatic carbocycles. The van der Waals surface area contributed by atoms with Crippen LogP contribution in [0.25, 0.3) is 43.6 Å². The maximum atomic E-state index is 14.0. The zero-order valence-electron chi connectivity index (χ0n) is 74.9. The van der Waals surface area contributed by atoms with Gasteiger partial charge in [0, 0.05) is 95.2 Å². The molecule has 0 saturated carbocycles. The van der Waals surface area contributed by atoms with Gasteiger partial charge in [-0.2, -0.15) is 0 Å². The number of hydrogen-bond donors (Lipinski definition) is 2. The van der Waals surface area contributed by atoms with Crippen LogP contribution in [0.2, 0.25) is 0 Å². The maximum Gasteiger partial charge on any atom is 0.411 e. The first kappa shape index (κ1) is 94.5. The van der Waals surface area contributed by atoms with Crippen LogP contribution in [0.1, 0.15) is 202 Å². The van der Waals surface area contributed by atoms with Gasteiger partial charge in [-0.15, -0.1) is 23.2 Å². The number of carbonyl (C=O) groups excluding carboxylic acids is 8. The molecule has 0 bridgehead atoms. The van der Waals surface area contributed by atoms with Crippen molar-refractivity contribution in [2.75, 3.05) is 54.6 Å². The van der Waals surface area contributed by atoms with Crippen LogP contribution in [0.15, 0.2) is 72.8 Å². The fraction of sp³-hybridized carbons (Fsp3) is 0.522. The van der Waals surface area contributed by atoms with Gasteiger partial charge in [-0.3, -0.25) is 19.6 Å². The Morgan fingerprint density at radius 2 is 0.555 bits per heavy atom.